The van der Waals surface area contributed by atoms with Gasteiger partial charge in [0.1, 0.15) is 0 Å². The zero-order valence-electron chi connectivity index (χ0n) is 12.7. The van der Waals surface area contributed by atoms with Crippen molar-refractivity contribution in [1.82, 2.24) is 4.90 Å². The van der Waals surface area contributed by atoms with Gasteiger partial charge in [-0.2, -0.15) is 0 Å². The zero-order valence-corrected chi connectivity index (χ0v) is 13.4. The third-order valence-electron chi connectivity index (χ3n) is 4.31. The van der Waals surface area contributed by atoms with Gasteiger partial charge in [-0.1, -0.05) is 11.6 Å². The molecule has 21 heavy (non-hydrogen) atoms. The standard InChI is InChI=1S/C16H23ClN2O2/c1-11(2)19-6-3-4-12(5-7-19)18-14-9-16-15(8-13(14)17)20-10-21-16/h8-9,11-12,18H,3-7,10H2,1-2H3. The van der Waals surface area contributed by atoms with Gasteiger partial charge in [0.25, 0.3) is 0 Å². The summed E-state index contributed by atoms with van der Waals surface area (Å²) in [6.45, 7) is 7.13. The quantitative estimate of drug-likeness (QED) is 0.922. The van der Waals surface area contributed by atoms with Gasteiger partial charge in [0.15, 0.2) is 11.5 Å². The Balaban J connectivity index is 1.67. The Bertz CT molecular complexity index is 507. The smallest absolute Gasteiger partial charge is 0.231 e. The van der Waals surface area contributed by atoms with Crippen LogP contribution in [0.3, 0.4) is 0 Å². The molecule has 5 heteroatoms. The van der Waals surface area contributed by atoms with E-state index in [2.05, 4.69) is 24.1 Å². The Morgan fingerprint density at radius 1 is 1.19 bits per heavy atom. The molecule has 1 aromatic rings. The Labute approximate surface area is 131 Å². The second kappa shape index (κ2) is 6.32. The first kappa shape index (κ1) is 14.8. The van der Waals surface area contributed by atoms with E-state index in [-0.39, 0.29) is 6.79 Å². The average Bonchev–Trinajstić information content (AvgIpc) is 2.75. The lowest BCUT2D eigenvalue weighted by atomic mass is 10.1. The van der Waals surface area contributed by atoms with Crippen LogP contribution >= 0.6 is 11.6 Å². The fourth-order valence-electron chi connectivity index (χ4n) is 3.03. The van der Waals surface area contributed by atoms with E-state index in [1.54, 1.807) is 0 Å². The molecule has 4 nitrogen and oxygen atoms in total. The maximum Gasteiger partial charge on any atom is 0.231 e. The predicted octanol–water partition coefficient (Wildman–Crippen LogP) is 3.74. The van der Waals surface area contributed by atoms with E-state index in [1.165, 1.54) is 19.4 Å². The molecule has 1 atom stereocenters. The van der Waals surface area contributed by atoms with E-state index in [0.717, 1.165) is 30.2 Å². The molecular formula is C16H23ClN2O2. The SMILES string of the molecule is CC(C)N1CCCC(Nc2cc3c(cc2Cl)OCO3)CC1. The van der Waals surface area contributed by atoms with E-state index in [0.29, 0.717) is 17.1 Å². The third kappa shape index (κ3) is 3.38. The number of rotatable bonds is 3. The number of benzene rings is 1. The first-order valence-corrected chi connectivity index (χ1v) is 8.11. The summed E-state index contributed by atoms with van der Waals surface area (Å²) >= 11 is 6.34. The van der Waals surface area contributed by atoms with Crippen molar-refractivity contribution in [1.29, 1.82) is 0 Å². The molecule has 0 spiro atoms. The number of nitrogens with zero attached hydrogens (tertiary/aromatic N) is 1. The molecule has 0 bridgehead atoms. The molecule has 0 aromatic heterocycles. The molecule has 1 aromatic carbocycles. The fraction of sp³-hybridized carbons (Fsp3) is 0.625. The Kier molecular flexibility index (Phi) is 4.45. The van der Waals surface area contributed by atoms with E-state index in [9.17, 15) is 0 Å². The number of fused-ring (bicyclic) bond motifs is 1. The van der Waals surface area contributed by atoms with Gasteiger partial charge in [0.05, 0.1) is 10.7 Å². The summed E-state index contributed by atoms with van der Waals surface area (Å²) < 4.78 is 10.8. The summed E-state index contributed by atoms with van der Waals surface area (Å²) in [7, 11) is 0. The van der Waals surface area contributed by atoms with Crippen LogP contribution in [0.15, 0.2) is 12.1 Å². The third-order valence-corrected chi connectivity index (χ3v) is 4.63. The van der Waals surface area contributed by atoms with Crippen LogP contribution in [0.2, 0.25) is 5.02 Å². The number of hydrogen-bond acceptors (Lipinski definition) is 4. The van der Waals surface area contributed by atoms with Crippen LogP contribution in [0.5, 0.6) is 11.5 Å². The highest BCUT2D eigenvalue weighted by atomic mass is 35.5. The summed E-state index contributed by atoms with van der Waals surface area (Å²) in [5, 5.41) is 4.28. The maximum atomic E-state index is 6.34. The topological polar surface area (TPSA) is 33.7 Å². The number of nitrogens with one attached hydrogen (secondary N) is 1. The summed E-state index contributed by atoms with van der Waals surface area (Å²) in [6.07, 6.45) is 3.54. The molecular weight excluding hydrogens is 288 g/mol. The highest BCUT2D eigenvalue weighted by molar-refractivity contribution is 6.33. The number of ether oxygens (including phenoxy) is 2. The number of likely N-dealkylation sites (tertiary alicyclic amines) is 1. The molecule has 3 rings (SSSR count). The summed E-state index contributed by atoms with van der Waals surface area (Å²) in [5.41, 5.74) is 0.948. The van der Waals surface area contributed by atoms with Crippen molar-refractivity contribution < 1.29 is 9.47 Å². The second-order valence-electron chi connectivity index (χ2n) is 6.09. The van der Waals surface area contributed by atoms with Crippen molar-refractivity contribution in [3.63, 3.8) is 0 Å². The second-order valence-corrected chi connectivity index (χ2v) is 6.49. The molecule has 2 heterocycles. The van der Waals surface area contributed by atoms with E-state index >= 15 is 0 Å². The number of anilines is 1. The minimum Gasteiger partial charge on any atom is -0.454 e. The molecule has 0 saturated carbocycles. The molecule has 1 saturated heterocycles. The van der Waals surface area contributed by atoms with Crippen molar-refractivity contribution in [2.24, 2.45) is 0 Å². The summed E-state index contributed by atoms with van der Waals surface area (Å²) in [6, 6.07) is 4.88. The van der Waals surface area contributed by atoms with Gasteiger partial charge in [-0.3, -0.25) is 0 Å². The van der Waals surface area contributed by atoms with Crippen LogP contribution in [0.1, 0.15) is 33.1 Å². The molecule has 1 unspecified atom stereocenters. The zero-order chi connectivity index (χ0) is 14.8. The normalized spacial score (nSPS) is 22.4. The van der Waals surface area contributed by atoms with Gasteiger partial charge in [0, 0.05) is 30.8 Å². The number of hydrogen-bond donors (Lipinski definition) is 1. The monoisotopic (exact) mass is 310 g/mol. The van der Waals surface area contributed by atoms with Gasteiger partial charge in [-0.15, -0.1) is 0 Å². The van der Waals surface area contributed by atoms with Gasteiger partial charge < -0.3 is 19.7 Å². The highest BCUT2D eigenvalue weighted by Gasteiger charge is 2.21. The van der Waals surface area contributed by atoms with Gasteiger partial charge >= 0.3 is 0 Å². The van der Waals surface area contributed by atoms with Crippen LogP contribution in [-0.2, 0) is 0 Å². The van der Waals surface area contributed by atoms with Crippen LogP contribution in [0, 0.1) is 0 Å². The fourth-order valence-corrected chi connectivity index (χ4v) is 3.24. The van der Waals surface area contributed by atoms with Crippen LogP contribution in [0.4, 0.5) is 5.69 Å². The van der Waals surface area contributed by atoms with Gasteiger partial charge in [0.2, 0.25) is 6.79 Å². The lowest BCUT2D eigenvalue weighted by molar-refractivity contribution is 0.174. The lowest BCUT2D eigenvalue weighted by Gasteiger charge is -2.24. The first-order chi connectivity index (χ1) is 10.1. The minimum atomic E-state index is 0.280. The van der Waals surface area contributed by atoms with Gasteiger partial charge in [-0.25, -0.2) is 0 Å². The Morgan fingerprint density at radius 3 is 2.71 bits per heavy atom. The van der Waals surface area contributed by atoms with Crippen molar-refractivity contribution in [2.45, 2.75) is 45.2 Å². The molecule has 116 valence electrons. The summed E-state index contributed by atoms with van der Waals surface area (Å²) in [4.78, 5) is 2.54. The molecule has 0 amide bonds. The highest BCUT2D eigenvalue weighted by Crippen LogP contribution is 2.39. The van der Waals surface area contributed by atoms with E-state index in [1.807, 2.05) is 12.1 Å². The molecule has 2 aliphatic heterocycles. The van der Waals surface area contributed by atoms with Crippen molar-refractivity contribution in [2.75, 3.05) is 25.2 Å². The number of halogens is 1. The van der Waals surface area contributed by atoms with E-state index < -0.39 is 0 Å². The van der Waals surface area contributed by atoms with Gasteiger partial charge in [-0.05, 0) is 39.7 Å². The molecule has 2 aliphatic rings. The molecule has 0 radical (unpaired) electrons. The van der Waals surface area contributed by atoms with E-state index in [4.69, 9.17) is 21.1 Å². The minimum absolute atomic E-state index is 0.280. The Morgan fingerprint density at radius 2 is 1.95 bits per heavy atom. The van der Waals surface area contributed by atoms with Crippen LogP contribution < -0.4 is 14.8 Å². The summed E-state index contributed by atoms with van der Waals surface area (Å²) in [5.74, 6) is 1.51. The van der Waals surface area contributed by atoms with Crippen molar-refractivity contribution in [3.8, 4) is 11.5 Å². The molecule has 1 fully saturated rings. The van der Waals surface area contributed by atoms with Crippen molar-refractivity contribution in [3.05, 3.63) is 17.2 Å². The Hall–Kier alpha value is -1.13. The molecule has 0 aliphatic carbocycles. The largest absolute Gasteiger partial charge is 0.454 e. The lowest BCUT2D eigenvalue weighted by Crippen LogP contribution is -2.32. The predicted molar refractivity (Wildman–Crippen MR) is 85.5 cm³/mol. The first-order valence-electron chi connectivity index (χ1n) is 7.73. The maximum absolute atomic E-state index is 6.34. The van der Waals surface area contributed by atoms with Crippen LogP contribution in [0.25, 0.3) is 0 Å². The molecule has 1 N–H and O–H groups in total. The average molecular weight is 311 g/mol. The van der Waals surface area contributed by atoms with Crippen LogP contribution in [-0.4, -0.2) is 36.9 Å². The van der Waals surface area contributed by atoms with Crippen molar-refractivity contribution >= 4 is 17.3 Å².